The zero-order valence-corrected chi connectivity index (χ0v) is 19.4. The highest BCUT2D eigenvalue weighted by atomic mass is 32.2. The number of imide groups is 1. The van der Waals surface area contributed by atoms with E-state index >= 15 is 0 Å². The van der Waals surface area contributed by atoms with Crippen molar-refractivity contribution in [2.75, 3.05) is 26.2 Å². The number of rotatable bonds is 7. The number of hydrogen-bond donors (Lipinski definition) is 2. The molecule has 34 heavy (non-hydrogen) atoms. The molecule has 0 unspecified atom stereocenters. The molecule has 0 bridgehead atoms. The highest BCUT2D eigenvalue weighted by molar-refractivity contribution is 7.89. The predicted octanol–water partition coefficient (Wildman–Crippen LogP) is 0.580. The van der Waals surface area contributed by atoms with Crippen LogP contribution in [0.4, 0.5) is 4.79 Å². The summed E-state index contributed by atoms with van der Waals surface area (Å²) in [5, 5.41) is 3.56. The van der Waals surface area contributed by atoms with Crippen molar-refractivity contribution in [2.45, 2.75) is 30.8 Å². The first kappa shape index (κ1) is 25.1. The third-order valence-corrected chi connectivity index (χ3v) is 7.31. The number of amides is 4. The summed E-state index contributed by atoms with van der Waals surface area (Å²) >= 11 is 0. The Morgan fingerprint density at radius 2 is 1.65 bits per heavy atom. The third-order valence-electron chi connectivity index (χ3n) is 5.42. The number of piperazine rings is 1. The Labute approximate surface area is 196 Å². The lowest BCUT2D eigenvalue weighted by Crippen LogP contribution is -2.50. The van der Waals surface area contributed by atoms with Gasteiger partial charge < -0.3 is 15.4 Å². The van der Waals surface area contributed by atoms with E-state index in [1.54, 1.807) is 23.5 Å². The Kier molecular flexibility index (Phi) is 7.84. The quantitative estimate of drug-likeness (QED) is 0.538. The molecule has 0 aliphatic carbocycles. The Hall–Kier alpha value is -3.51. The van der Waals surface area contributed by atoms with Crippen molar-refractivity contribution in [2.24, 2.45) is 5.73 Å². The number of nitrogens with one attached hydrogen (secondary N) is 1. The van der Waals surface area contributed by atoms with Crippen molar-refractivity contribution in [3.05, 3.63) is 42.5 Å². The average molecular weight is 491 g/mol. The fourth-order valence-corrected chi connectivity index (χ4v) is 5.01. The molecule has 1 aliphatic heterocycles. The zero-order chi connectivity index (χ0) is 24.9. The van der Waals surface area contributed by atoms with Crippen LogP contribution in [0.5, 0.6) is 0 Å². The molecule has 182 valence electrons. The lowest BCUT2D eigenvalue weighted by atomic mass is 10.1. The van der Waals surface area contributed by atoms with E-state index < -0.39 is 34.0 Å². The molecule has 3 rings (SSSR count). The molecule has 1 aliphatic rings. The molecule has 1 heterocycles. The molecule has 0 spiro atoms. The maximum absolute atomic E-state index is 13.0. The summed E-state index contributed by atoms with van der Waals surface area (Å²) in [4.78, 5) is 48.2. The summed E-state index contributed by atoms with van der Waals surface area (Å²) in [5.74, 6) is -1.97. The molecule has 0 saturated carbocycles. The maximum Gasteiger partial charge on any atom is 0.318 e. The summed E-state index contributed by atoms with van der Waals surface area (Å²) in [6.07, 6.45) is -1.65. The SMILES string of the molecule is C[C@@H](OC(=O)CCC(=O)N1CCN(S(=O)(=O)c2ccc3ccccc3c2)CC1)C(=O)NC(N)=O. The molecule has 1 saturated heterocycles. The number of esters is 1. The first-order chi connectivity index (χ1) is 16.1. The van der Waals surface area contributed by atoms with Gasteiger partial charge >= 0.3 is 12.0 Å². The number of nitrogens with zero attached hydrogens (tertiary/aromatic N) is 2. The molecule has 11 nitrogen and oxygen atoms in total. The molecule has 1 atom stereocenters. The van der Waals surface area contributed by atoms with Gasteiger partial charge in [0, 0.05) is 32.6 Å². The van der Waals surface area contributed by atoms with Gasteiger partial charge in [-0.05, 0) is 29.8 Å². The topological polar surface area (TPSA) is 156 Å². The number of benzene rings is 2. The molecule has 2 aromatic rings. The second kappa shape index (κ2) is 10.6. The van der Waals surface area contributed by atoms with E-state index in [-0.39, 0.29) is 49.8 Å². The van der Waals surface area contributed by atoms with Crippen LogP contribution in [0.2, 0.25) is 0 Å². The van der Waals surface area contributed by atoms with Crippen molar-refractivity contribution in [3.63, 3.8) is 0 Å². The van der Waals surface area contributed by atoms with Crippen LogP contribution in [0.25, 0.3) is 10.8 Å². The van der Waals surface area contributed by atoms with Crippen LogP contribution in [0.3, 0.4) is 0 Å². The van der Waals surface area contributed by atoms with Gasteiger partial charge in [0.25, 0.3) is 5.91 Å². The van der Waals surface area contributed by atoms with Crippen molar-refractivity contribution >= 4 is 44.6 Å². The number of sulfonamides is 1. The Bertz CT molecular complexity index is 1210. The number of ether oxygens (including phenoxy) is 1. The van der Waals surface area contributed by atoms with Gasteiger partial charge in [-0.25, -0.2) is 13.2 Å². The molecule has 1 fully saturated rings. The van der Waals surface area contributed by atoms with Gasteiger partial charge in [-0.15, -0.1) is 0 Å². The van der Waals surface area contributed by atoms with E-state index in [1.807, 2.05) is 24.3 Å². The van der Waals surface area contributed by atoms with E-state index in [0.717, 1.165) is 10.8 Å². The third kappa shape index (κ3) is 6.08. The molecular formula is C22H26N4O7S. The van der Waals surface area contributed by atoms with E-state index in [4.69, 9.17) is 10.5 Å². The number of primary amides is 1. The minimum absolute atomic E-state index is 0.135. The average Bonchev–Trinajstić information content (AvgIpc) is 2.81. The van der Waals surface area contributed by atoms with E-state index in [1.165, 1.54) is 16.1 Å². The number of fused-ring (bicyclic) bond motifs is 1. The van der Waals surface area contributed by atoms with E-state index in [0.29, 0.717) is 0 Å². The summed E-state index contributed by atoms with van der Waals surface area (Å²) in [6.45, 7) is 1.93. The van der Waals surface area contributed by atoms with Crippen LogP contribution in [0.1, 0.15) is 19.8 Å². The van der Waals surface area contributed by atoms with Crippen molar-refractivity contribution in [1.29, 1.82) is 0 Å². The number of nitrogens with two attached hydrogens (primary N) is 1. The molecule has 3 N–H and O–H groups in total. The summed E-state index contributed by atoms with van der Waals surface area (Å²) < 4.78 is 32.3. The lowest BCUT2D eigenvalue weighted by molar-refractivity contribution is -0.155. The van der Waals surface area contributed by atoms with Crippen LogP contribution in [-0.2, 0) is 29.1 Å². The molecule has 2 aromatic carbocycles. The minimum Gasteiger partial charge on any atom is -0.453 e. The van der Waals surface area contributed by atoms with Gasteiger partial charge in [-0.3, -0.25) is 19.7 Å². The van der Waals surface area contributed by atoms with Crippen LogP contribution < -0.4 is 11.1 Å². The second-order valence-electron chi connectivity index (χ2n) is 7.78. The molecular weight excluding hydrogens is 464 g/mol. The molecule has 0 aromatic heterocycles. The first-order valence-corrected chi connectivity index (χ1v) is 12.1. The smallest absolute Gasteiger partial charge is 0.318 e. The summed E-state index contributed by atoms with van der Waals surface area (Å²) in [6, 6.07) is 11.4. The van der Waals surface area contributed by atoms with Crippen molar-refractivity contribution < 1.29 is 32.3 Å². The van der Waals surface area contributed by atoms with Crippen molar-refractivity contribution in [3.8, 4) is 0 Å². The fraction of sp³-hybridized carbons (Fsp3) is 0.364. The van der Waals surface area contributed by atoms with Crippen LogP contribution in [-0.4, -0.2) is 73.7 Å². The number of urea groups is 1. The highest BCUT2D eigenvalue weighted by Crippen LogP contribution is 2.23. The molecule has 12 heteroatoms. The standard InChI is InChI=1S/C22H26N4O7S/c1-15(21(29)24-22(23)30)33-20(28)9-8-19(27)25-10-12-26(13-11-25)34(31,32)18-7-6-16-4-2-3-5-17(16)14-18/h2-7,14-15H,8-13H2,1H3,(H3,23,24,29,30)/t15-/m1/s1. The van der Waals surface area contributed by atoms with Gasteiger partial charge in [0.2, 0.25) is 15.9 Å². The van der Waals surface area contributed by atoms with Gasteiger partial charge in [-0.1, -0.05) is 30.3 Å². The fourth-order valence-electron chi connectivity index (χ4n) is 3.55. The molecule has 4 amide bonds. The van der Waals surface area contributed by atoms with Gasteiger partial charge in [-0.2, -0.15) is 4.31 Å². The predicted molar refractivity (Wildman–Crippen MR) is 122 cm³/mol. The zero-order valence-electron chi connectivity index (χ0n) is 18.6. The Morgan fingerprint density at radius 1 is 1.00 bits per heavy atom. The Balaban J connectivity index is 1.49. The monoisotopic (exact) mass is 490 g/mol. The number of carbonyl (C=O) groups is 4. The molecule has 0 radical (unpaired) electrons. The van der Waals surface area contributed by atoms with Crippen LogP contribution in [0, 0.1) is 0 Å². The maximum atomic E-state index is 13.0. The van der Waals surface area contributed by atoms with E-state index in [2.05, 4.69) is 0 Å². The van der Waals surface area contributed by atoms with Crippen LogP contribution >= 0.6 is 0 Å². The van der Waals surface area contributed by atoms with Gasteiger partial charge in [0.1, 0.15) is 0 Å². The normalized spacial score (nSPS) is 15.5. The van der Waals surface area contributed by atoms with Gasteiger partial charge in [0.15, 0.2) is 6.10 Å². The first-order valence-electron chi connectivity index (χ1n) is 10.6. The summed E-state index contributed by atoms with van der Waals surface area (Å²) in [7, 11) is -3.71. The Morgan fingerprint density at radius 3 is 2.29 bits per heavy atom. The summed E-state index contributed by atoms with van der Waals surface area (Å²) in [5.41, 5.74) is 4.83. The highest BCUT2D eigenvalue weighted by Gasteiger charge is 2.30. The lowest BCUT2D eigenvalue weighted by Gasteiger charge is -2.34. The largest absolute Gasteiger partial charge is 0.453 e. The van der Waals surface area contributed by atoms with Crippen LogP contribution in [0.15, 0.2) is 47.4 Å². The number of hydrogen-bond acceptors (Lipinski definition) is 7. The van der Waals surface area contributed by atoms with E-state index in [9.17, 15) is 27.6 Å². The minimum atomic E-state index is -3.71. The van der Waals surface area contributed by atoms with Gasteiger partial charge in [0.05, 0.1) is 11.3 Å². The second-order valence-corrected chi connectivity index (χ2v) is 9.72. The van der Waals surface area contributed by atoms with Crippen molar-refractivity contribution in [1.82, 2.24) is 14.5 Å². The number of carbonyl (C=O) groups excluding carboxylic acids is 4.